The third-order valence-electron chi connectivity index (χ3n) is 6.11. The monoisotopic (exact) mass is 322 g/mol. The van der Waals surface area contributed by atoms with Crippen LogP contribution in [0.3, 0.4) is 0 Å². The normalized spacial score (nSPS) is 30.3. The van der Waals surface area contributed by atoms with E-state index in [0.29, 0.717) is 5.41 Å². The molecule has 0 N–H and O–H groups in total. The lowest BCUT2D eigenvalue weighted by atomic mass is 9.77. The van der Waals surface area contributed by atoms with E-state index in [1.54, 1.807) is 0 Å². The van der Waals surface area contributed by atoms with Gasteiger partial charge in [-0.3, -0.25) is 0 Å². The third kappa shape index (κ3) is 3.66. The highest BCUT2D eigenvalue weighted by molar-refractivity contribution is 5.74. The fourth-order valence-corrected chi connectivity index (χ4v) is 4.28. The van der Waals surface area contributed by atoms with Crippen molar-refractivity contribution in [1.82, 2.24) is 9.80 Å². The van der Waals surface area contributed by atoms with E-state index in [1.165, 1.54) is 25.7 Å². The lowest BCUT2D eigenvalue weighted by Crippen LogP contribution is -2.48. The molecular formula is C18H30N2O3. The molecule has 1 aliphatic carbocycles. The zero-order chi connectivity index (χ0) is 15.7. The first-order chi connectivity index (χ1) is 11.2. The van der Waals surface area contributed by atoms with Crippen LogP contribution in [0.25, 0.3) is 0 Å². The molecule has 0 radical (unpaired) electrons. The van der Waals surface area contributed by atoms with Crippen molar-refractivity contribution >= 4 is 6.03 Å². The molecule has 1 unspecified atom stereocenters. The molecule has 0 aromatic rings. The second kappa shape index (κ2) is 6.60. The molecule has 5 nitrogen and oxygen atoms in total. The Kier molecular flexibility index (Phi) is 4.50. The molecular weight excluding hydrogens is 292 g/mol. The molecule has 0 aromatic heterocycles. The number of ether oxygens (including phenoxy) is 2. The van der Waals surface area contributed by atoms with Gasteiger partial charge in [0.15, 0.2) is 0 Å². The molecule has 23 heavy (non-hydrogen) atoms. The molecule has 1 spiro atoms. The fraction of sp³-hybridized carbons (Fsp3) is 0.944. The fourth-order valence-electron chi connectivity index (χ4n) is 4.28. The van der Waals surface area contributed by atoms with Gasteiger partial charge in [-0.05, 0) is 56.3 Å². The Morgan fingerprint density at radius 3 is 2.43 bits per heavy atom. The summed E-state index contributed by atoms with van der Waals surface area (Å²) >= 11 is 0. The molecule has 3 heterocycles. The molecule has 1 saturated carbocycles. The number of likely N-dealkylation sites (tertiary alicyclic amines) is 2. The Hall–Kier alpha value is -0.810. The summed E-state index contributed by atoms with van der Waals surface area (Å²) in [6.07, 6.45) is 8.59. The molecule has 3 saturated heterocycles. The van der Waals surface area contributed by atoms with E-state index in [-0.39, 0.29) is 12.1 Å². The summed E-state index contributed by atoms with van der Waals surface area (Å²) in [5, 5.41) is 0. The van der Waals surface area contributed by atoms with Crippen molar-refractivity contribution in [2.24, 2.45) is 11.3 Å². The maximum Gasteiger partial charge on any atom is 0.319 e. The number of carbonyl (C=O) groups excluding carboxylic acids is 1. The van der Waals surface area contributed by atoms with Crippen LogP contribution in [-0.2, 0) is 9.47 Å². The van der Waals surface area contributed by atoms with Crippen molar-refractivity contribution in [1.29, 1.82) is 0 Å². The number of hydrogen-bond donors (Lipinski definition) is 0. The SMILES string of the molecule is O=C(N1CCCC1)N1CCC2(CC1)COC(COCC1CC1)C2. The highest BCUT2D eigenvalue weighted by Gasteiger charge is 2.43. The Bertz CT molecular complexity index is 424. The Morgan fingerprint density at radius 1 is 1.04 bits per heavy atom. The van der Waals surface area contributed by atoms with Crippen LogP contribution >= 0.6 is 0 Å². The second-order valence-corrected chi connectivity index (χ2v) is 8.08. The summed E-state index contributed by atoms with van der Waals surface area (Å²) in [5.41, 5.74) is 0.301. The van der Waals surface area contributed by atoms with Crippen LogP contribution in [0.2, 0.25) is 0 Å². The average Bonchev–Trinajstić information content (AvgIpc) is 3.08. The Morgan fingerprint density at radius 2 is 1.74 bits per heavy atom. The second-order valence-electron chi connectivity index (χ2n) is 8.08. The van der Waals surface area contributed by atoms with Gasteiger partial charge in [-0.15, -0.1) is 0 Å². The summed E-state index contributed by atoms with van der Waals surface area (Å²) in [4.78, 5) is 16.6. The summed E-state index contributed by atoms with van der Waals surface area (Å²) in [7, 11) is 0. The largest absolute Gasteiger partial charge is 0.378 e. The highest BCUT2D eigenvalue weighted by atomic mass is 16.5. The van der Waals surface area contributed by atoms with Gasteiger partial charge in [-0.2, -0.15) is 0 Å². The quantitative estimate of drug-likeness (QED) is 0.798. The minimum atomic E-state index is 0.264. The molecule has 4 fully saturated rings. The van der Waals surface area contributed by atoms with Crippen molar-refractivity contribution in [3.8, 4) is 0 Å². The van der Waals surface area contributed by atoms with Gasteiger partial charge < -0.3 is 19.3 Å². The predicted octanol–water partition coefficient (Wildman–Crippen LogP) is 2.50. The lowest BCUT2D eigenvalue weighted by Gasteiger charge is -2.39. The first-order valence-corrected chi connectivity index (χ1v) is 9.47. The van der Waals surface area contributed by atoms with E-state index in [0.717, 1.165) is 71.2 Å². The first-order valence-electron chi connectivity index (χ1n) is 9.47. The van der Waals surface area contributed by atoms with Gasteiger partial charge in [0.25, 0.3) is 0 Å². The van der Waals surface area contributed by atoms with Gasteiger partial charge in [-0.1, -0.05) is 0 Å². The van der Waals surface area contributed by atoms with Crippen LogP contribution < -0.4 is 0 Å². The van der Waals surface area contributed by atoms with Crippen molar-refractivity contribution in [2.75, 3.05) is 46.0 Å². The van der Waals surface area contributed by atoms with Gasteiger partial charge in [0, 0.05) is 32.8 Å². The number of nitrogens with zero attached hydrogens (tertiary/aromatic N) is 2. The van der Waals surface area contributed by atoms with Crippen molar-refractivity contribution < 1.29 is 14.3 Å². The first kappa shape index (κ1) is 15.7. The van der Waals surface area contributed by atoms with Crippen molar-refractivity contribution in [3.63, 3.8) is 0 Å². The molecule has 2 amide bonds. The summed E-state index contributed by atoms with van der Waals surface area (Å²) in [5.74, 6) is 0.824. The predicted molar refractivity (Wildman–Crippen MR) is 87.3 cm³/mol. The van der Waals surface area contributed by atoms with Gasteiger partial charge in [-0.25, -0.2) is 4.79 Å². The van der Waals surface area contributed by atoms with Gasteiger partial charge in [0.2, 0.25) is 0 Å². The average molecular weight is 322 g/mol. The van der Waals surface area contributed by atoms with Crippen LogP contribution in [0.5, 0.6) is 0 Å². The topological polar surface area (TPSA) is 42.0 Å². The molecule has 1 atom stereocenters. The Labute approximate surface area is 139 Å². The molecule has 5 heteroatoms. The van der Waals surface area contributed by atoms with Crippen LogP contribution in [0.15, 0.2) is 0 Å². The molecule has 130 valence electrons. The van der Waals surface area contributed by atoms with E-state index >= 15 is 0 Å². The molecule has 0 aromatic carbocycles. The summed E-state index contributed by atoms with van der Waals surface area (Å²) in [6.45, 7) is 6.23. The van der Waals surface area contributed by atoms with Crippen LogP contribution in [0.4, 0.5) is 4.79 Å². The van der Waals surface area contributed by atoms with Gasteiger partial charge in [0.05, 0.1) is 19.3 Å². The lowest BCUT2D eigenvalue weighted by molar-refractivity contribution is 0.00971. The molecule has 3 aliphatic heterocycles. The van der Waals surface area contributed by atoms with Crippen LogP contribution in [0.1, 0.15) is 44.9 Å². The van der Waals surface area contributed by atoms with E-state index in [1.807, 2.05) is 4.90 Å². The summed E-state index contributed by atoms with van der Waals surface area (Å²) < 4.78 is 11.8. The highest BCUT2D eigenvalue weighted by Crippen LogP contribution is 2.42. The number of urea groups is 1. The number of hydrogen-bond acceptors (Lipinski definition) is 3. The van der Waals surface area contributed by atoms with Crippen molar-refractivity contribution in [3.05, 3.63) is 0 Å². The van der Waals surface area contributed by atoms with E-state index in [4.69, 9.17) is 9.47 Å². The zero-order valence-electron chi connectivity index (χ0n) is 14.2. The number of piperidine rings is 1. The molecule has 4 rings (SSSR count). The zero-order valence-corrected chi connectivity index (χ0v) is 14.2. The maximum atomic E-state index is 12.5. The number of amides is 2. The number of rotatable bonds is 4. The maximum absolute atomic E-state index is 12.5. The number of carbonyl (C=O) groups is 1. The van der Waals surface area contributed by atoms with Gasteiger partial charge in [0.1, 0.15) is 0 Å². The Balaban J connectivity index is 1.21. The smallest absolute Gasteiger partial charge is 0.319 e. The van der Waals surface area contributed by atoms with E-state index < -0.39 is 0 Å². The minimum Gasteiger partial charge on any atom is -0.378 e. The van der Waals surface area contributed by atoms with E-state index in [9.17, 15) is 4.79 Å². The third-order valence-corrected chi connectivity index (χ3v) is 6.11. The van der Waals surface area contributed by atoms with Crippen molar-refractivity contribution in [2.45, 2.75) is 51.0 Å². The van der Waals surface area contributed by atoms with Gasteiger partial charge >= 0.3 is 6.03 Å². The minimum absolute atomic E-state index is 0.264. The summed E-state index contributed by atoms with van der Waals surface area (Å²) in [6, 6.07) is 0.264. The standard InChI is InChI=1S/C18H30N2O3/c21-17(19-7-1-2-8-19)20-9-5-18(6-10-20)11-16(23-14-18)13-22-12-15-3-4-15/h15-16H,1-14H2. The van der Waals surface area contributed by atoms with E-state index in [2.05, 4.69) is 4.90 Å². The van der Waals surface area contributed by atoms with Crippen LogP contribution in [0, 0.1) is 11.3 Å². The molecule has 0 bridgehead atoms. The molecule has 4 aliphatic rings. The van der Waals surface area contributed by atoms with Crippen LogP contribution in [-0.4, -0.2) is 67.9 Å².